The summed E-state index contributed by atoms with van der Waals surface area (Å²) in [6.45, 7) is 1.91. The molecule has 0 aromatic carbocycles. The average molecular weight is 196 g/mol. The zero-order chi connectivity index (χ0) is 9.19. The summed E-state index contributed by atoms with van der Waals surface area (Å²) in [4.78, 5) is 16.8. The lowest BCUT2D eigenvalue weighted by atomic mass is 10.2. The van der Waals surface area contributed by atoms with Crippen LogP contribution in [0, 0.1) is 0 Å². The third-order valence-corrected chi connectivity index (χ3v) is 2.23. The van der Waals surface area contributed by atoms with Crippen molar-refractivity contribution in [1.29, 1.82) is 0 Å². The van der Waals surface area contributed by atoms with Gasteiger partial charge in [0.05, 0.1) is 18.8 Å². The van der Waals surface area contributed by atoms with E-state index < -0.39 is 7.82 Å². The molecule has 12 heavy (non-hydrogen) atoms. The second-order valence-corrected chi connectivity index (χ2v) is 4.17. The summed E-state index contributed by atoms with van der Waals surface area (Å²) in [5.74, 6) is 0. The first-order chi connectivity index (χ1) is 5.47. The van der Waals surface area contributed by atoms with Gasteiger partial charge in [-0.15, -0.1) is 0 Å². The highest BCUT2D eigenvalue weighted by Gasteiger charge is 2.25. The van der Waals surface area contributed by atoms with Crippen LogP contribution < -0.4 is 0 Å². The second-order valence-electron chi connectivity index (χ2n) is 2.93. The van der Waals surface area contributed by atoms with Crippen LogP contribution in [0.4, 0.5) is 0 Å². The molecule has 0 aromatic heterocycles. The van der Waals surface area contributed by atoms with Gasteiger partial charge in [-0.1, -0.05) is 0 Å². The van der Waals surface area contributed by atoms with Gasteiger partial charge >= 0.3 is 7.82 Å². The molecule has 2 atom stereocenters. The number of ether oxygens (including phenoxy) is 1. The van der Waals surface area contributed by atoms with Crippen molar-refractivity contribution in [3.05, 3.63) is 0 Å². The van der Waals surface area contributed by atoms with Gasteiger partial charge in [0.25, 0.3) is 0 Å². The van der Waals surface area contributed by atoms with Gasteiger partial charge in [-0.05, 0) is 19.8 Å². The summed E-state index contributed by atoms with van der Waals surface area (Å²) in [6, 6.07) is 0. The van der Waals surface area contributed by atoms with Crippen LogP contribution >= 0.6 is 7.82 Å². The summed E-state index contributed by atoms with van der Waals surface area (Å²) in [6.07, 6.45) is 1.75. The highest BCUT2D eigenvalue weighted by atomic mass is 31.2. The lowest BCUT2D eigenvalue weighted by Crippen LogP contribution is -2.14. The minimum Gasteiger partial charge on any atom is -0.373 e. The number of phosphoric ester groups is 1. The molecule has 5 nitrogen and oxygen atoms in total. The Kier molecular flexibility index (Phi) is 3.26. The van der Waals surface area contributed by atoms with E-state index in [0.29, 0.717) is 0 Å². The molecule has 0 amide bonds. The normalized spacial score (nSPS) is 30.9. The maximum absolute atomic E-state index is 10.3. The lowest BCUT2D eigenvalue weighted by molar-refractivity contribution is 0.0185. The molecule has 2 N–H and O–H groups in total. The first-order valence-electron chi connectivity index (χ1n) is 3.83. The summed E-state index contributed by atoms with van der Waals surface area (Å²) in [5.41, 5.74) is 0. The molecule has 0 aliphatic carbocycles. The van der Waals surface area contributed by atoms with Gasteiger partial charge in [0.2, 0.25) is 0 Å². The third kappa shape index (κ3) is 3.65. The van der Waals surface area contributed by atoms with Gasteiger partial charge < -0.3 is 14.5 Å². The van der Waals surface area contributed by atoms with Crippen LogP contribution in [0.15, 0.2) is 0 Å². The Morgan fingerprint density at radius 1 is 1.58 bits per heavy atom. The van der Waals surface area contributed by atoms with E-state index in [-0.39, 0.29) is 18.8 Å². The fourth-order valence-electron chi connectivity index (χ4n) is 1.19. The first kappa shape index (κ1) is 10.2. The molecule has 1 heterocycles. The van der Waals surface area contributed by atoms with Crippen molar-refractivity contribution in [2.45, 2.75) is 32.0 Å². The predicted molar refractivity (Wildman–Crippen MR) is 41.6 cm³/mol. The molecule has 0 aromatic rings. The summed E-state index contributed by atoms with van der Waals surface area (Å²) < 4.78 is 19.9. The second kappa shape index (κ2) is 3.85. The molecule has 1 aliphatic rings. The Balaban J connectivity index is 2.21. The molecule has 6 heteroatoms. The molecule has 0 spiro atoms. The molecule has 0 saturated carbocycles. The van der Waals surface area contributed by atoms with Gasteiger partial charge in [0, 0.05) is 0 Å². The topological polar surface area (TPSA) is 76.0 Å². The Morgan fingerprint density at radius 2 is 2.25 bits per heavy atom. The van der Waals surface area contributed by atoms with Crippen molar-refractivity contribution in [3.63, 3.8) is 0 Å². The highest BCUT2D eigenvalue weighted by Crippen LogP contribution is 2.36. The fourth-order valence-corrected chi connectivity index (χ4v) is 1.55. The van der Waals surface area contributed by atoms with Crippen molar-refractivity contribution in [1.82, 2.24) is 0 Å². The Morgan fingerprint density at radius 3 is 2.67 bits per heavy atom. The minimum atomic E-state index is -4.32. The summed E-state index contributed by atoms with van der Waals surface area (Å²) in [7, 11) is -4.32. The maximum atomic E-state index is 10.3. The zero-order valence-corrected chi connectivity index (χ0v) is 7.74. The van der Waals surface area contributed by atoms with Gasteiger partial charge in [0.1, 0.15) is 0 Å². The van der Waals surface area contributed by atoms with Crippen molar-refractivity contribution < 1.29 is 23.6 Å². The number of hydrogen-bond acceptors (Lipinski definition) is 3. The van der Waals surface area contributed by atoms with Crippen molar-refractivity contribution in [2.24, 2.45) is 0 Å². The molecular formula is C6H13O5P. The zero-order valence-electron chi connectivity index (χ0n) is 6.84. The quantitative estimate of drug-likeness (QED) is 0.648. The number of hydrogen-bond donors (Lipinski definition) is 2. The van der Waals surface area contributed by atoms with Crippen molar-refractivity contribution >= 4 is 7.82 Å². The summed E-state index contributed by atoms with van der Waals surface area (Å²) >= 11 is 0. The smallest absolute Gasteiger partial charge is 0.373 e. The van der Waals surface area contributed by atoms with E-state index in [2.05, 4.69) is 4.52 Å². The Bertz CT molecular complexity index is 188. The number of phosphoric acid groups is 1. The molecule has 1 unspecified atom stereocenters. The monoisotopic (exact) mass is 196 g/mol. The van der Waals surface area contributed by atoms with E-state index in [9.17, 15) is 4.57 Å². The molecule has 1 aliphatic heterocycles. The highest BCUT2D eigenvalue weighted by molar-refractivity contribution is 7.46. The standard InChI is InChI=1S/C6H13O5P/c1-5-2-3-6(11-5)4-10-12(7,8)9/h5-6H,2-4H2,1H3,(H2,7,8,9)/t5?,6-/m0/s1. The molecule has 1 rings (SSSR count). The van der Waals surface area contributed by atoms with E-state index in [1.807, 2.05) is 6.92 Å². The van der Waals surface area contributed by atoms with Crippen LogP contribution in [0.25, 0.3) is 0 Å². The van der Waals surface area contributed by atoms with Crippen LogP contribution in [0.2, 0.25) is 0 Å². The maximum Gasteiger partial charge on any atom is 0.469 e. The van der Waals surface area contributed by atoms with Crippen molar-refractivity contribution in [2.75, 3.05) is 6.61 Å². The van der Waals surface area contributed by atoms with Gasteiger partial charge in [-0.25, -0.2) is 4.57 Å². The fraction of sp³-hybridized carbons (Fsp3) is 1.00. The molecule has 1 saturated heterocycles. The molecule has 0 radical (unpaired) electrons. The van der Waals surface area contributed by atoms with Crippen LogP contribution in [0.1, 0.15) is 19.8 Å². The molecule has 0 bridgehead atoms. The van der Waals surface area contributed by atoms with Crippen LogP contribution in [-0.4, -0.2) is 28.6 Å². The van der Waals surface area contributed by atoms with E-state index in [4.69, 9.17) is 14.5 Å². The van der Waals surface area contributed by atoms with Crippen LogP contribution in [0.3, 0.4) is 0 Å². The SMILES string of the molecule is CC1CC[C@@H](COP(=O)(O)O)O1. The molecular weight excluding hydrogens is 183 g/mol. The van der Waals surface area contributed by atoms with E-state index in [1.54, 1.807) is 0 Å². The molecule has 72 valence electrons. The Labute approximate surface area is 70.9 Å². The Hall–Kier alpha value is 0.0700. The van der Waals surface area contributed by atoms with Gasteiger partial charge in [0.15, 0.2) is 0 Å². The van der Waals surface area contributed by atoms with Crippen LogP contribution in [0.5, 0.6) is 0 Å². The van der Waals surface area contributed by atoms with E-state index >= 15 is 0 Å². The third-order valence-electron chi connectivity index (χ3n) is 1.75. The lowest BCUT2D eigenvalue weighted by Gasteiger charge is -2.11. The van der Waals surface area contributed by atoms with Gasteiger partial charge in [-0.2, -0.15) is 0 Å². The summed E-state index contributed by atoms with van der Waals surface area (Å²) in [5, 5.41) is 0. The largest absolute Gasteiger partial charge is 0.469 e. The predicted octanol–water partition coefficient (Wildman–Crippen LogP) is 0.663. The van der Waals surface area contributed by atoms with Crippen LogP contribution in [-0.2, 0) is 13.8 Å². The minimum absolute atomic E-state index is 0.0192. The van der Waals surface area contributed by atoms with Crippen molar-refractivity contribution in [3.8, 4) is 0 Å². The number of rotatable bonds is 3. The first-order valence-corrected chi connectivity index (χ1v) is 5.36. The van der Waals surface area contributed by atoms with E-state index in [1.165, 1.54) is 0 Å². The van der Waals surface area contributed by atoms with E-state index in [0.717, 1.165) is 12.8 Å². The molecule has 1 fully saturated rings. The average Bonchev–Trinajstić information content (AvgIpc) is 2.30. The van der Waals surface area contributed by atoms with Gasteiger partial charge in [-0.3, -0.25) is 4.52 Å².